The first-order chi connectivity index (χ1) is 26.9. The van der Waals surface area contributed by atoms with Gasteiger partial charge in [-0.2, -0.15) is 0 Å². The molecule has 12 nitrogen and oxygen atoms in total. The Labute approximate surface area is 335 Å². The highest BCUT2D eigenvalue weighted by atomic mass is 35.5. The smallest absolute Gasteiger partial charge is 0.225 e. The van der Waals surface area contributed by atoms with Crippen molar-refractivity contribution in [2.75, 3.05) is 26.4 Å². The first kappa shape index (κ1) is 42.3. The summed E-state index contributed by atoms with van der Waals surface area (Å²) in [6.45, 7) is 3.56. The Balaban J connectivity index is 1.28. The summed E-state index contributed by atoms with van der Waals surface area (Å²) < 4.78 is 29.8. The number of benzene rings is 4. The van der Waals surface area contributed by atoms with E-state index in [0.29, 0.717) is 53.0 Å². The van der Waals surface area contributed by atoms with Crippen LogP contribution in [0.4, 0.5) is 0 Å². The maximum atomic E-state index is 11.6. The van der Waals surface area contributed by atoms with E-state index in [2.05, 4.69) is 0 Å². The molecule has 0 aliphatic carbocycles. The van der Waals surface area contributed by atoms with Gasteiger partial charge in [0.05, 0.1) is 26.4 Å². The van der Waals surface area contributed by atoms with Crippen LogP contribution >= 0.6 is 23.2 Å². The molecule has 0 bridgehead atoms. The number of aliphatic hydroxyl groups excluding tert-OH is 7. The van der Waals surface area contributed by atoms with Crippen LogP contribution in [0, 0.1) is 0 Å². The Morgan fingerprint density at radius 2 is 1.16 bits per heavy atom. The Kier molecular flexibility index (Phi) is 14.0. The zero-order chi connectivity index (χ0) is 40.1. The van der Waals surface area contributed by atoms with E-state index >= 15 is 0 Å². The normalized spacial score (nSPS) is 29.2. The lowest BCUT2D eigenvalue weighted by Gasteiger charge is -2.49. The second kappa shape index (κ2) is 18.5. The van der Waals surface area contributed by atoms with Crippen molar-refractivity contribution in [3.8, 4) is 11.5 Å². The quantitative estimate of drug-likeness (QED) is 0.0977. The van der Waals surface area contributed by atoms with Crippen LogP contribution in [0.2, 0.25) is 10.0 Å². The van der Waals surface area contributed by atoms with Gasteiger partial charge in [0.25, 0.3) is 0 Å². The van der Waals surface area contributed by atoms with Gasteiger partial charge in [-0.15, -0.1) is 0 Å². The molecule has 7 N–H and O–H groups in total. The maximum absolute atomic E-state index is 11.6. The highest BCUT2D eigenvalue weighted by molar-refractivity contribution is 6.31. The van der Waals surface area contributed by atoms with Crippen LogP contribution in [0.3, 0.4) is 0 Å². The van der Waals surface area contributed by atoms with E-state index in [4.69, 9.17) is 46.9 Å². The molecule has 56 heavy (non-hydrogen) atoms. The van der Waals surface area contributed by atoms with Crippen molar-refractivity contribution in [1.29, 1.82) is 0 Å². The third-order valence-corrected chi connectivity index (χ3v) is 11.0. The Bertz CT molecular complexity index is 1890. The van der Waals surface area contributed by atoms with Crippen LogP contribution in [0.25, 0.3) is 0 Å². The summed E-state index contributed by atoms with van der Waals surface area (Å²) in [4.78, 5) is 0. The molecule has 2 aliphatic rings. The Morgan fingerprint density at radius 3 is 1.71 bits per heavy atom. The molecular weight excluding hydrogens is 767 g/mol. The molecule has 0 spiro atoms. The summed E-state index contributed by atoms with van der Waals surface area (Å²) in [5.74, 6) is -0.798. The first-order valence-electron chi connectivity index (χ1n) is 18.6. The van der Waals surface area contributed by atoms with E-state index in [1.807, 2.05) is 62.4 Å². The molecule has 2 fully saturated rings. The maximum Gasteiger partial charge on any atom is 0.225 e. The van der Waals surface area contributed by atoms with Gasteiger partial charge >= 0.3 is 0 Å². The zero-order valence-corrected chi connectivity index (χ0v) is 32.5. The third-order valence-electron chi connectivity index (χ3n) is 10.2. The third kappa shape index (κ3) is 9.02. The van der Waals surface area contributed by atoms with Crippen LogP contribution in [0.1, 0.15) is 53.3 Å². The van der Waals surface area contributed by atoms with Crippen molar-refractivity contribution in [3.63, 3.8) is 0 Å². The molecule has 0 saturated carbocycles. The van der Waals surface area contributed by atoms with Crippen LogP contribution in [-0.4, -0.2) is 111 Å². The fourth-order valence-corrected chi connectivity index (χ4v) is 7.54. The molecule has 2 saturated heterocycles. The predicted molar refractivity (Wildman–Crippen MR) is 207 cm³/mol. The average Bonchev–Trinajstić information content (AvgIpc) is 3.20. The first-order valence-corrected chi connectivity index (χ1v) is 19.3. The topological polar surface area (TPSA) is 188 Å². The van der Waals surface area contributed by atoms with E-state index in [1.165, 1.54) is 6.07 Å². The van der Waals surface area contributed by atoms with Crippen molar-refractivity contribution < 1.29 is 59.4 Å². The molecule has 0 amide bonds. The standard InChI is InChI=1S/C42H48Cl2O12/c1-3-52-29-11-5-23(6-12-29)17-26-19-25(9-15-31(26)43)40-38(49)37(48)36(47)34(55-40)22-54-42(41(51)39(50)35(46)33(21-45)56-42)28-10-16-32(44)27(20-28)18-24-7-13-30(14-8-24)53-4-2/h5-16,19-20,33-41,45-51H,3-4,17-18,21-22H2,1-2H3/t33-,34-,35-,36+,37-,38+,39+,40+,41-,42+/m1/s1. The van der Waals surface area contributed by atoms with Crippen molar-refractivity contribution in [1.82, 2.24) is 0 Å². The van der Waals surface area contributed by atoms with Gasteiger partial charge in [-0.25, -0.2) is 0 Å². The molecule has 2 aliphatic heterocycles. The molecule has 0 unspecified atom stereocenters. The highest BCUT2D eigenvalue weighted by Crippen LogP contribution is 2.43. The molecule has 10 atom stereocenters. The van der Waals surface area contributed by atoms with E-state index in [1.54, 1.807) is 30.3 Å². The number of ether oxygens (including phenoxy) is 5. The predicted octanol–water partition coefficient (Wildman–Crippen LogP) is 3.84. The lowest BCUT2D eigenvalue weighted by molar-refractivity contribution is -0.381. The van der Waals surface area contributed by atoms with Crippen LogP contribution < -0.4 is 9.47 Å². The van der Waals surface area contributed by atoms with Crippen LogP contribution in [0.5, 0.6) is 11.5 Å². The minimum atomic E-state index is -2.24. The van der Waals surface area contributed by atoms with Gasteiger partial charge in [-0.3, -0.25) is 0 Å². The van der Waals surface area contributed by atoms with Gasteiger partial charge in [-0.1, -0.05) is 65.7 Å². The van der Waals surface area contributed by atoms with Crippen LogP contribution in [0.15, 0.2) is 84.9 Å². The minimum absolute atomic E-state index is 0.179. The molecule has 0 aromatic heterocycles. The largest absolute Gasteiger partial charge is 0.494 e. The van der Waals surface area contributed by atoms with Crippen molar-refractivity contribution in [2.45, 2.75) is 87.4 Å². The van der Waals surface area contributed by atoms with Crippen molar-refractivity contribution in [2.24, 2.45) is 0 Å². The van der Waals surface area contributed by atoms with Gasteiger partial charge in [0.15, 0.2) is 0 Å². The fourth-order valence-electron chi connectivity index (χ4n) is 7.17. The highest BCUT2D eigenvalue weighted by Gasteiger charge is 2.56. The van der Waals surface area contributed by atoms with Gasteiger partial charge in [0.2, 0.25) is 5.79 Å². The molecule has 14 heteroatoms. The monoisotopic (exact) mass is 814 g/mol. The molecule has 0 radical (unpaired) electrons. The van der Waals surface area contributed by atoms with E-state index in [-0.39, 0.29) is 5.56 Å². The summed E-state index contributed by atoms with van der Waals surface area (Å²) in [5.41, 5.74) is 3.82. The minimum Gasteiger partial charge on any atom is -0.494 e. The zero-order valence-electron chi connectivity index (χ0n) is 30.9. The van der Waals surface area contributed by atoms with E-state index in [0.717, 1.165) is 22.4 Å². The van der Waals surface area contributed by atoms with Gasteiger partial charge < -0.3 is 59.4 Å². The summed E-state index contributed by atoms with van der Waals surface area (Å²) in [7, 11) is 0. The summed E-state index contributed by atoms with van der Waals surface area (Å²) in [5, 5.41) is 77.7. The lowest BCUT2D eigenvalue weighted by atomic mass is 9.86. The Morgan fingerprint density at radius 1 is 0.625 bits per heavy atom. The van der Waals surface area contributed by atoms with Gasteiger partial charge in [0.1, 0.15) is 66.4 Å². The summed E-state index contributed by atoms with van der Waals surface area (Å²) >= 11 is 13.2. The molecule has 4 aromatic rings. The SMILES string of the molecule is CCOc1ccc(Cc2cc([C@@H]3O[C@H](CO[C@@]4(c5ccc(Cl)c(Cc6ccc(OCC)cc6)c5)O[C@H](CO)[C@@H](O)[C@H](O)[C@H]4O)[C@H](O)[C@@H](O)[C@@H]3O)ccc2Cl)cc1. The Hall–Kier alpha value is -3.34. The second-order valence-corrected chi connectivity index (χ2v) is 14.8. The molecule has 6 rings (SSSR count). The molecule has 2 heterocycles. The van der Waals surface area contributed by atoms with Crippen molar-refractivity contribution in [3.05, 3.63) is 128 Å². The van der Waals surface area contributed by atoms with Crippen molar-refractivity contribution >= 4 is 23.2 Å². The number of hydrogen-bond acceptors (Lipinski definition) is 12. The summed E-state index contributed by atoms with van der Waals surface area (Å²) in [6.07, 6.45) is -13.4. The average molecular weight is 816 g/mol. The molecular formula is C42H48Cl2O12. The number of halogens is 2. The number of rotatable bonds is 14. The van der Waals surface area contributed by atoms with Gasteiger partial charge in [0, 0.05) is 15.6 Å². The van der Waals surface area contributed by atoms with E-state index in [9.17, 15) is 35.7 Å². The molecule has 4 aromatic carbocycles. The lowest BCUT2D eigenvalue weighted by Crippen LogP contribution is -2.65. The number of aliphatic hydroxyl groups is 7. The summed E-state index contributed by atoms with van der Waals surface area (Å²) in [6, 6.07) is 24.8. The second-order valence-electron chi connectivity index (χ2n) is 14.0. The molecule has 302 valence electrons. The number of hydrogen-bond donors (Lipinski definition) is 7. The fraction of sp³-hybridized carbons (Fsp3) is 0.429. The van der Waals surface area contributed by atoms with E-state index < -0.39 is 73.9 Å². The van der Waals surface area contributed by atoms with Gasteiger partial charge in [-0.05, 0) is 97.0 Å². The van der Waals surface area contributed by atoms with Crippen LogP contribution in [-0.2, 0) is 32.8 Å².